The lowest BCUT2D eigenvalue weighted by molar-refractivity contribution is -0.123. The van der Waals surface area contributed by atoms with Crippen molar-refractivity contribution in [3.63, 3.8) is 0 Å². The first-order valence-corrected chi connectivity index (χ1v) is 7.88. The monoisotopic (exact) mass is 333 g/mol. The van der Waals surface area contributed by atoms with Crippen molar-refractivity contribution in [3.8, 4) is 0 Å². The fraction of sp³-hybridized carbons (Fsp3) is 0.278. The summed E-state index contributed by atoms with van der Waals surface area (Å²) in [7, 11) is 0. The van der Waals surface area contributed by atoms with E-state index < -0.39 is 6.04 Å². The summed E-state index contributed by atoms with van der Waals surface area (Å²) in [6.45, 7) is -0.179. The summed E-state index contributed by atoms with van der Waals surface area (Å²) in [6.07, 6.45) is 0.746. The summed E-state index contributed by atoms with van der Waals surface area (Å²) in [5.74, 6) is -0.367. The third-order valence-electron chi connectivity index (χ3n) is 4.20. The van der Waals surface area contributed by atoms with E-state index in [9.17, 15) is 14.3 Å². The molecule has 2 N–H and O–H groups in total. The maximum absolute atomic E-state index is 12.9. The van der Waals surface area contributed by atoms with Crippen LogP contribution in [-0.2, 0) is 4.79 Å². The standard InChI is InChI=1S/C18H17ClFNO2/c19-13-5-1-12(2-6-13)17(10-22)21-18(23)16-9-15(16)11-3-7-14(20)8-4-11/h1-8,15-17,22H,9-10H2,(H,21,23). The summed E-state index contributed by atoms with van der Waals surface area (Å²) in [5.41, 5.74) is 1.78. The molecule has 0 spiro atoms. The van der Waals surface area contributed by atoms with E-state index in [2.05, 4.69) is 5.32 Å². The average Bonchev–Trinajstić information content (AvgIpc) is 3.35. The zero-order valence-electron chi connectivity index (χ0n) is 12.4. The maximum Gasteiger partial charge on any atom is 0.224 e. The molecule has 1 amide bonds. The predicted octanol–water partition coefficient (Wildman–Crippen LogP) is 3.43. The quantitative estimate of drug-likeness (QED) is 0.880. The topological polar surface area (TPSA) is 49.3 Å². The predicted molar refractivity (Wildman–Crippen MR) is 86.7 cm³/mol. The van der Waals surface area contributed by atoms with E-state index in [1.807, 2.05) is 0 Å². The van der Waals surface area contributed by atoms with Crippen LogP contribution in [0.5, 0.6) is 0 Å². The number of halogens is 2. The van der Waals surface area contributed by atoms with Gasteiger partial charge in [0.05, 0.1) is 12.6 Å². The highest BCUT2D eigenvalue weighted by Crippen LogP contribution is 2.47. The van der Waals surface area contributed by atoms with Crippen molar-refractivity contribution in [2.75, 3.05) is 6.61 Å². The van der Waals surface area contributed by atoms with E-state index in [-0.39, 0.29) is 30.2 Å². The van der Waals surface area contributed by atoms with Gasteiger partial charge in [0.15, 0.2) is 0 Å². The number of nitrogens with one attached hydrogen (secondary N) is 1. The van der Waals surface area contributed by atoms with Gasteiger partial charge in [-0.15, -0.1) is 0 Å². The van der Waals surface area contributed by atoms with Crippen LogP contribution in [0.25, 0.3) is 0 Å². The van der Waals surface area contributed by atoms with E-state index in [0.29, 0.717) is 5.02 Å². The Hall–Kier alpha value is -1.91. The first kappa shape index (κ1) is 16.0. The molecule has 3 unspecified atom stereocenters. The first-order chi connectivity index (χ1) is 11.1. The van der Waals surface area contributed by atoms with Gasteiger partial charge in [-0.1, -0.05) is 35.9 Å². The number of rotatable bonds is 5. The molecule has 0 aliphatic heterocycles. The van der Waals surface area contributed by atoms with Gasteiger partial charge in [-0.2, -0.15) is 0 Å². The van der Waals surface area contributed by atoms with Gasteiger partial charge in [0.1, 0.15) is 5.82 Å². The van der Waals surface area contributed by atoms with Crippen LogP contribution in [0.4, 0.5) is 4.39 Å². The van der Waals surface area contributed by atoms with Crippen LogP contribution in [0.1, 0.15) is 29.5 Å². The highest BCUT2D eigenvalue weighted by atomic mass is 35.5. The molecule has 5 heteroatoms. The lowest BCUT2D eigenvalue weighted by Gasteiger charge is -2.17. The number of hydrogen-bond donors (Lipinski definition) is 2. The Morgan fingerprint density at radius 2 is 1.87 bits per heavy atom. The Bertz CT molecular complexity index is 687. The van der Waals surface area contributed by atoms with Crippen molar-refractivity contribution in [1.29, 1.82) is 0 Å². The Balaban J connectivity index is 1.62. The summed E-state index contributed by atoms with van der Waals surface area (Å²) in [6, 6.07) is 12.8. The molecule has 0 aromatic heterocycles. The van der Waals surface area contributed by atoms with Gasteiger partial charge >= 0.3 is 0 Å². The van der Waals surface area contributed by atoms with Crippen LogP contribution < -0.4 is 5.32 Å². The lowest BCUT2D eigenvalue weighted by Crippen LogP contribution is -2.32. The maximum atomic E-state index is 12.9. The SMILES string of the molecule is O=C(NC(CO)c1ccc(Cl)cc1)C1CC1c1ccc(F)cc1. The molecule has 1 aliphatic carbocycles. The van der Waals surface area contributed by atoms with Crippen molar-refractivity contribution in [2.24, 2.45) is 5.92 Å². The van der Waals surface area contributed by atoms with Crippen LogP contribution >= 0.6 is 11.6 Å². The second kappa shape index (κ2) is 6.69. The molecule has 23 heavy (non-hydrogen) atoms. The van der Waals surface area contributed by atoms with Crippen molar-refractivity contribution in [3.05, 3.63) is 70.5 Å². The molecule has 1 saturated carbocycles. The molecular weight excluding hydrogens is 317 g/mol. The Morgan fingerprint density at radius 1 is 1.22 bits per heavy atom. The highest BCUT2D eigenvalue weighted by molar-refractivity contribution is 6.30. The van der Waals surface area contributed by atoms with Gasteiger partial charge in [-0.05, 0) is 47.7 Å². The molecule has 3 rings (SSSR count). The number of hydrogen-bond acceptors (Lipinski definition) is 2. The lowest BCUT2D eigenvalue weighted by atomic mass is 10.1. The van der Waals surface area contributed by atoms with Crippen LogP contribution in [-0.4, -0.2) is 17.6 Å². The molecule has 2 aromatic carbocycles. The molecular formula is C18H17ClFNO2. The van der Waals surface area contributed by atoms with Gasteiger partial charge in [0, 0.05) is 10.9 Å². The van der Waals surface area contributed by atoms with E-state index in [1.165, 1.54) is 12.1 Å². The van der Waals surface area contributed by atoms with Gasteiger partial charge < -0.3 is 10.4 Å². The van der Waals surface area contributed by atoms with Crippen molar-refractivity contribution < 1.29 is 14.3 Å². The third-order valence-corrected chi connectivity index (χ3v) is 4.45. The van der Waals surface area contributed by atoms with Crippen LogP contribution in [0, 0.1) is 11.7 Å². The van der Waals surface area contributed by atoms with E-state index in [1.54, 1.807) is 36.4 Å². The fourth-order valence-corrected chi connectivity index (χ4v) is 2.90. The molecule has 120 valence electrons. The Labute approximate surface area is 139 Å². The van der Waals surface area contributed by atoms with Crippen LogP contribution in [0.2, 0.25) is 5.02 Å². The normalized spacial score (nSPS) is 20.8. The number of amides is 1. The fourth-order valence-electron chi connectivity index (χ4n) is 2.77. The average molecular weight is 334 g/mol. The molecule has 1 aliphatic rings. The molecule has 1 fully saturated rings. The smallest absolute Gasteiger partial charge is 0.224 e. The van der Waals surface area contributed by atoms with E-state index >= 15 is 0 Å². The van der Waals surface area contributed by atoms with Gasteiger partial charge in [0.25, 0.3) is 0 Å². The number of aliphatic hydroxyl groups excluding tert-OH is 1. The van der Waals surface area contributed by atoms with Crippen LogP contribution in [0.3, 0.4) is 0 Å². The Morgan fingerprint density at radius 3 is 2.48 bits per heavy atom. The largest absolute Gasteiger partial charge is 0.394 e. The second-order valence-corrected chi connectivity index (χ2v) is 6.23. The van der Waals surface area contributed by atoms with Gasteiger partial charge in [0.2, 0.25) is 5.91 Å². The zero-order chi connectivity index (χ0) is 16.4. The summed E-state index contributed by atoms with van der Waals surface area (Å²) >= 11 is 5.85. The Kier molecular flexibility index (Phi) is 4.64. The zero-order valence-corrected chi connectivity index (χ0v) is 13.1. The molecule has 3 atom stereocenters. The number of carbonyl (C=O) groups is 1. The first-order valence-electron chi connectivity index (χ1n) is 7.50. The van der Waals surface area contributed by atoms with E-state index in [0.717, 1.165) is 17.5 Å². The van der Waals surface area contributed by atoms with Gasteiger partial charge in [-0.3, -0.25) is 4.79 Å². The third kappa shape index (κ3) is 3.71. The molecule has 0 heterocycles. The molecule has 0 radical (unpaired) electrons. The molecule has 3 nitrogen and oxygen atoms in total. The van der Waals surface area contributed by atoms with Crippen molar-refractivity contribution in [2.45, 2.75) is 18.4 Å². The second-order valence-electron chi connectivity index (χ2n) is 5.80. The minimum absolute atomic E-state index is 0.0895. The molecule has 2 aromatic rings. The molecule has 0 saturated heterocycles. The summed E-state index contributed by atoms with van der Waals surface area (Å²) in [4.78, 5) is 12.3. The molecule has 0 bridgehead atoms. The van der Waals surface area contributed by atoms with Crippen LogP contribution in [0.15, 0.2) is 48.5 Å². The number of benzene rings is 2. The summed E-state index contributed by atoms with van der Waals surface area (Å²) in [5, 5.41) is 13.0. The highest BCUT2D eigenvalue weighted by Gasteiger charge is 2.44. The minimum Gasteiger partial charge on any atom is -0.394 e. The van der Waals surface area contributed by atoms with E-state index in [4.69, 9.17) is 11.6 Å². The van der Waals surface area contributed by atoms with Gasteiger partial charge in [-0.25, -0.2) is 4.39 Å². The summed E-state index contributed by atoms with van der Waals surface area (Å²) < 4.78 is 12.9. The van der Waals surface area contributed by atoms with Crippen molar-refractivity contribution >= 4 is 17.5 Å². The minimum atomic E-state index is -0.450. The van der Waals surface area contributed by atoms with Crippen molar-refractivity contribution in [1.82, 2.24) is 5.32 Å². The number of aliphatic hydroxyl groups is 1. The number of carbonyl (C=O) groups excluding carboxylic acids is 1.